The van der Waals surface area contributed by atoms with Crippen LogP contribution in [0.2, 0.25) is 0 Å². The standard InChI is InChI=1S/C12H9F2N5/c1-15-12-17-10(6-5-16-19-11(6)18-12)9-7(13)3-2-4-8(9)14/h2-5H,1H3,(H2,15,16,17,18,19). The van der Waals surface area contributed by atoms with Crippen LogP contribution in [0, 0.1) is 11.6 Å². The molecule has 3 rings (SSSR count). The Labute approximate surface area is 106 Å². The maximum atomic E-state index is 13.9. The minimum absolute atomic E-state index is 0.165. The number of nitrogens with one attached hydrogen (secondary N) is 2. The van der Waals surface area contributed by atoms with Gasteiger partial charge in [0.2, 0.25) is 5.95 Å². The van der Waals surface area contributed by atoms with Gasteiger partial charge >= 0.3 is 0 Å². The molecule has 0 unspecified atom stereocenters. The molecular formula is C12H9F2N5. The van der Waals surface area contributed by atoms with Gasteiger partial charge in [0.1, 0.15) is 11.6 Å². The van der Waals surface area contributed by atoms with E-state index in [1.165, 1.54) is 24.4 Å². The number of halogens is 2. The number of anilines is 1. The summed E-state index contributed by atoms with van der Waals surface area (Å²) in [5.74, 6) is -1.10. The van der Waals surface area contributed by atoms with Crippen molar-refractivity contribution in [3.63, 3.8) is 0 Å². The van der Waals surface area contributed by atoms with Gasteiger partial charge in [-0.2, -0.15) is 10.1 Å². The van der Waals surface area contributed by atoms with E-state index in [0.29, 0.717) is 11.0 Å². The molecule has 3 aromatic rings. The average Bonchev–Trinajstić information content (AvgIpc) is 2.86. The van der Waals surface area contributed by atoms with E-state index in [4.69, 9.17) is 0 Å². The molecular weight excluding hydrogens is 252 g/mol. The van der Waals surface area contributed by atoms with Crippen LogP contribution < -0.4 is 5.32 Å². The first-order valence-electron chi connectivity index (χ1n) is 5.54. The number of hydrogen-bond acceptors (Lipinski definition) is 4. The van der Waals surface area contributed by atoms with E-state index in [2.05, 4.69) is 25.5 Å². The Morgan fingerprint density at radius 1 is 1.16 bits per heavy atom. The van der Waals surface area contributed by atoms with E-state index in [9.17, 15) is 8.78 Å². The summed E-state index contributed by atoms with van der Waals surface area (Å²) >= 11 is 0. The van der Waals surface area contributed by atoms with Crippen molar-refractivity contribution in [2.75, 3.05) is 12.4 Å². The van der Waals surface area contributed by atoms with Gasteiger partial charge in [-0.25, -0.2) is 13.8 Å². The van der Waals surface area contributed by atoms with Crippen molar-refractivity contribution < 1.29 is 8.78 Å². The predicted molar refractivity (Wildman–Crippen MR) is 66.6 cm³/mol. The smallest absolute Gasteiger partial charge is 0.225 e. The molecule has 1 aromatic carbocycles. The SMILES string of the molecule is CNc1nc(-c2c(F)cccc2F)c2cn[nH]c2n1. The third kappa shape index (κ3) is 1.79. The Balaban J connectivity index is 2.38. The fourth-order valence-corrected chi connectivity index (χ4v) is 1.86. The second-order valence-electron chi connectivity index (χ2n) is 3.87. The lowest BCUT2D eigenvalue weighted by atomic mass is 10.1. The number of hydrogen-bond donors (Lipinski definition) is 2. The molecule has 0 spiro atoms. The van der Waals surface area contributed by atoms with Gasteiger partial charge in [0.25, 0.3) is 0 Å². The van der Waals surface area contributed by atoms with Crippen LogP contribution in [-0.4, -0.2) is 27.2 Å². The molecule has 0 aliphatic carbocycles. The van der Waals surface area contributed by atoms with Crippen molar-refractivity contribution in [3.05, 3.63) is 36.0 Å². The van der Waals surface area contributed by atoms with Gasteiger partial charge in [0.15, 0.2) is 5.65 Å². The first-order valence-corrected chi connectivity index (χ1v) is 5.54. The van der Waals surface area contributed by atoms with Gasteiger partial charge in [0, 0.05) is 7.05 Å². The molecule has 2 N–H and O–H groups in total. The Morgan fingerprint density at radius 2 is 1.89 bits per heavy atom. The van der Waals surface area contributed by atoms with Crippen molar-refractivity contribution in [1.29, 1.82) is 0 Å². The third-order valence-electron chi connectivity index (χ3n) is 2.73. The molecule has 0 atom stereocenters. The van der Waals surface area contributed by atoms with Gasteiger partial charge in [-0.05, 0) is 12.1 Å². The lowest BCUT2D eigenvalue weighted by Gasteiger charge is -2.07. The van der Waals surface area contributed by atoms with Crippen LogP contribution in [0.5, 0.6) is 0 Å². The largest absolute Gasteiger partial charge is 0.357 e. The summed E-state index contributed by atoms with van der Waals surface area (Å²) in [6, 6.07) is 3.68. The number of aromatic nitrogens is 4. The van der Waals surface area contributed by atoms with Crippen LogP contribution in [-0.2, 0) is 0 Å². The molecule has 0 saturated heterocycles. The van der Waals surface area contributed by atoms with E-state index < -0.39 is 11.6 Å². The number of nitrogens with zero attached hydrogens (tertiary/aromatic N) is 3. The number of aromatic amines is 1. The molecule has 0 aliphatic heterocycles. The number of rotatable bonds is 2. The van der Waals surface area contributed by atoms with E-state index in [-0.39, 0.29) is 17.2 Å². The Hall–Kier alpha value is -2.57. The number of benzene rings is 1. The second kappa shape index (κ2) is 4.27. The van der Waals surface area contributed by atoms with Gasteiger partial charge in [-0.15, -0.1) is 0 Å². The normalized spacial score (nSPS) is 10.9. The summed E-state index contributed by atoms with van der Waals surface area (Å²) in [5.41, 5.74) is 0.392. The van der Waals surface area contributed by atoms with Crippen molar-refractivity contribution in [2.45, 2.75) is 0 Å². The first-order chi connectivity index (χ1) is 9.20. The fourth-order valence-electron chi connectivity index (χ4n) is 1.86. The van der Waals surface area contributed by atoms with E-state index in [1.54, 1.807) is 7.05 Å². The van der Waals surface area contributed by atoms with E-state index in [0.717, 1.165) is 0 Å². The van der Waals surface area contributed by atoms with E-state index in [1.807, 2.05) is 0 Å². The molecule has 0 fully saturated rings. The highest BCUT2D eigenvalue weighted by molar-refractivity contribution is 5.90. The van der Waals surface area contributed by atoms with E-state index >= 15 is 0 Å². The van der Waals surface area contributed by atoms with Crippen LogP contribution >= 0.6 is 0 Å². The van der Waals surface area contributed by atoms with Crippen molar-refractivity contribution >= 4 is 17.0 Å². The highest BCUT2D eigenvalue weighted by atomic mass is 19.1. The zero-order valence-electron chi connectivity index (χ0n) is 9.91. The summed E-state index contributed by atoms with van der Waals surface area (Å²) in [5, 5.41) is 9.68. The van der Waals surface area contributed by atoms with Gasteiger partial charge in [0.05, 0.1) is 22.8 Å². The molecule has 0 bridgehead atoms. The van der Waals surface area contributed by atoms with Gasteiger partial charge < -0.3 is 5.32 Å². The second-order valence-corrected chi connectivity index (χ2v) is 3.87. The predicted octanol–water partition coefficient (Wildman–Crippen LogP) is 2.34. The van der Waals surface area contributed by atoms with Crippen LogP contribution in [0.4, 0.5) is 14.7 Å². The maximum Gasteiger partial charge on any atom is 0.225 e. The van der Waals surface area contributed by atoms with Crippen molar-refractivity contribution in [2.24, 2.45) is 0 Å². The van der Waals surface area contributed by atoms with Crippen LogP contribution in [0.25, 0.3) is 22.3 Å². The molecule has 7 heteroatoms. The molecule has 2 aromatic heterocycles. The third-order valence-corrected chi connectivity index (χ3v) is 2.73. The summed E-state index contributed by atoms with van der Waals surface area (Å²) in [7, 11) is 1.62. The van der Waals surface area contributed by atoms with Gasteiger partial charge in [-0.3, -0.25) is 5.10 Å². The summed E-state index contributed by atoms with van der Waals surface area (Å²) in [4.78, 5) is 8.24. The van der Waals surface area contributed by atoms with Crippen molar-refractivity contribution in [3.8, 4) is 11.3 Å². The molecule has 0 saturated carbocycles. The minimum Gasteiger partial charge on any atom is -0.357 e. The van der Waals surface area contributed by atoms with Gasteiger partial charge in [-0.1, -0.05) is 6.07 Å². The first kappa shape index (κ1) is 11.5. The number of fused-ring (bicyclic) bond motifs is 1. The van der Waals surface area contributed by atoms with Crippen LogP contribution in [0.15, 0.2) is 24.4 Å². The molecule has 96 valence electrons. The quantitative estimate of drug-likeness (QED) is 0.743. The fraction of sp³-hybridized carbons (Fsp3) is 0.0833. The molecule has 5 nitrogen and oxygen atoms in total. The number of H-pyrrole nitrogens is 1. The topological polar surface area (TPSA) is 66.5 Å². The van der Waals surface area contributed by atoms with Crippen molar-refractivity contribution in [1.82, 2.24) is 20.2 Å². The lowest BCUT2D eigenvalue weighted by molar-refractivity contribution is 0.589. The molecule has 0 aliphatic rings. The Kier molecular flexibility index (Phi) is 2.59. The molecule has 0 amide bonds. The molecule has 19 heavy (non-hydrogen) atoms. The average molecular weight is 261 g/mol. The zero-order chi connectivity index (χ0) is 13.4. The minimum atomic E-state index is -0.678. The molecule has 2 heterocycles. The summed E-state index contributed by atoms with van der Waals surface area (Å²) in [6.07, 6.45) is 1.44. The monoisotopic (exact) mass is 261 g/mol. The molecule has 0 radical (unpaired) electrons. The zero-order valence-corrected chi connectivity index (χ0v) is 9.91. The van der Waals surface area contributed by atoms with Crippen LogP contribution in [0.3, 0.4) is 0 Å². The highest BCUT2D eigenvalue weighted by Gasteiger charge is 2.18. The lowest BCUT2D eigenvalue weighted by Crippen LogP contribution is -2.00. The summed E-state index contributed by atoms with van der Waals surface area (Å²) in [6.45, 7) is 0. The Morgan fingerprint density at radius 3 is 2.58 bits per heavy atom. The maximum absolute atomic E-state index is 13.9. The van der Waals surface area contributed by atoms with Crippen LogP contribution in [0.1, 0.15) is 0 Å². The Bertz CT molecular complexity index is 733. The highest BCUT2D eigenvalue weighted by Crippen LogP contribution is 2.30. The summed E-state index contributed by atoms with van der Waals surface area (Å²) < 4.78 is 27.7.